The lowest BCUT2D eigenvalue weighted by Crippen LogP contribution is -2.36. The first-order chi connectivity index (χ1) is 20.8. The lowest BCUT2D eigenvalue weighted by Gasteiger charge is -2.37. The summed E-state index contributed by atoms with van der Waals surface area (Å²) < 4.78 is 28.9. The van der Waals surface area contributed by atoms with E-state index in [9.17, 15) is 9.59 Å². The van der Waals surface area contributed by atoms with Crippen LogP contribution in [0.4, 0.5) is 0 Å². The van der Waals surface area contributed by atoms with Gasteiger partial charge in [-0.2, -0.15) is 0 Å². The highest BCUT2D eigenvalue weighted by atomic mass is 79.9. The molecule has 0 saturated carbocycles. The summed E-state index contributed by atoms with van der Waals surface area (Å²) in [4.78, 5) is 27.7. The summed E-state index contributed by atoms with van der Waals surface area (Å²) >= 11 is 3.56. The van der Waals surface area contributed by atoms with E-state index >= 15 is 0 Å². The lowest BCUT2D eigenvalue weighted by molar-refractivity contribution is -0.140. The first-order valence-corrected chi connectivity index (χ1v) is 14.8. The van der Waals surface area contributed by atoms with E-state index in [1.54, 1.807) is 21.3 Å². The zero-order valence-corrected chi connectivity index (χ0v) is 26.2. The summed E-state index contributed by atoms with van der Waals surface area (Å²) in [5, 5.41) is 3.40. The third kappa shape index (κ3) is 6.41. The number of methoxy groups -OCH3 is 3. The number of carbonyl (C=O) groups is 2. The van der Waals surface area contributed by atoms with Crippen molar-refractivity contribution < 1.29 is 33.3 Å². The number of benzene rings is 3. The molecule has 0 amide bonds. The van der Waals surface area contributed by atoms with Gasteiger partial charge in [-0.15, -0.1) is 0 Å². The number of ether oxygens (including phenoxy) is 5. The van der Waals surface area contributed by atoms with Crippen molar-refractivity contribution >= 4 is 27.7 Å². The molecule has 0 bridgehead atoms. The summed E-state index contributed by atoms with van der Waals surface area (Å²) in [6.45, 7) is 2.08. The van der Waals surface area contributed by atoms with E-state index in [2.05, 4.69) is 21.2 Å². The number of halogens is 1. The highest BCUT2D eigenvalue weighted by Gasteiger charge is 2.42. The van der Waals surface area contributed by atoms with Crippen molar-refractivity contribution in [1.82, 2.24) is 5.32 Å². The summed E-state index contributed by atoms with van der Waals surface area (Å²) in [7, 11) is 4.76. The van der Waals surface area contributed by atoms with Gasteiger partial charge in [0.2, 0.25) is 0 Å². The number of Topliss-reactive ketones (excluding diaryl/α,β-unsaturated/α-hetero) is 1. The van der Waals surface area contributed by atoms with Gasteiger partial charge in [0.1, 0.15) is 24.7 Å². The summed E-state index contributed by atoms with van der Waals surface area (Å²) in [5.41, 5.74) is 4.00. The SMILES string of the molecule is COc1ccc([C@H]2CC(=O)C3=C(C2)NC(C)=C(C(=O)OCCOc2ccccc2)[C@H]3c2cc(Br)ccc2OC)cc1OC. The van der Waals surface area contributed by atoms with Gasteiger partial charge in [0, 0.05) is 33.4 Å². The van der Waals surface area contributed by atoms with Crippen LogP contribution in [0.2, 0.25) is 0 Å². The second-order valence-corrected chi connectivity index (χ2v) is 11.2. The Morgan fingerprint density at radius 3 is 2.33 bits per heavy atom. The molecule has 224 valence electrons. The Balaban J connectivity index is 1.47. The first kappa shape index (κ1) is 30.2. The number of nitrogens with one attached hydrogen (secondary N) is 1. The molecule has 2 aliphatic rings. The molecule has 8 nitrogen and oxygen atoms in total. The van der Waals surface area contributed by atoms with Crippen molar-refractivity contribution in [2.24, 2.45) is 0 Å². The molecule has 43 heavy (non-hydrogen) atoms. The maximum absolute atomic E-state index is 14.0. The van der Waals surface area contributed by atoms with E-state index in [0.717, 1.165) is 15.7 Å². The molecule has 2 atom stereocenters. The van der Waals surface area contributed by atoms with E-state index in [4.69, 9.17) is 23.7 Å². The predicted octanol–water partition coefficient (Wildman–Crippen LogP) is 6.46. The number of ketones is 1. The van der Waals surface area contributed by atoms with Gasteiger partial charge < -0.3 is 29.0 Å². The zero-order chi connectivity index (χ0) is 30.5. The van der Waals surface area contributed by atoms with Gasteiger partial charge in [0.05, 0.1) is 32.8 Å². The van der Waals surface area contributed by atoms with Crippen LogP contribution in [0.3, 0.4) is 0 Å². The molecule has 9 heteroatoms. The Bertz CT molecular complexity index is 1580. The number of hydrogen-bond acceptors (Lipinski definition) is 8. The number of allylic oxidation sites excluding steroid dienone is 3. The number of dihydropyridines is 1. The quantitative estimate of drug-likeness (QED) is 0.198. The van der Waals surface area contributed by atoms with E-state index in [1.165, 1.54) is 0 Å². The van der Waals surface area contributed by atoms with E-state index < -0.39 is 11.9 Å². The van der Waals surface area contributed by atoms with E-state index in [0.29, 0.717) is 51.8 Å². The molecule has 0 unspecified atom stereocenters. The third-order valence-corrected chi connectivity index (χ3v) is 8.25. The fraction of sp³-hybridized carbons (Fsp3) is 0.294. The molecule has 1 aliphatic heterocycles. The third-order valence-electron chi connectivity index (χ3n) is 7.76. The first-order valence-electron chi connectivity index (χ1n) is 14.0. The van der Waals surface area contributed by atoms with Gasteiger partial charge in [-0.05, 0) is 67.3 Å². The van der Waals surface area contributed by atoms with Crippen LogP contribution >= 0.6 is 15.9 Å². The van der Waals surface area contributed by atoms with Gasteiger partial charge in [-0.25, -0.2) is 4.79 Å². The maximum Gasteiger partial charge on any atom is 0.336 e. The Morgan fingerprint density at radius 1 is 0.884 bits per heavy atom. The van der Waals surface area contributed by atoms with Crippen LogP contribution in [0, 0.1) is 0 Å². The predicted molar refractivity (Wildman–Crippen MR) is 166 cm³/mol. The van der Waals surface area contributed by atoms with Crippen LogP contribution in [0.1, 0.15) is 42.7 Å². The van der Waals surface area contributed by atoms with Gasteiger partial charge in [-0.1, -0.05) is 40.2 Å². The Hall–Kier alpha value is -4.24. The number of carbonyl (C=O) groups excluding carboxylic acids is 2. The minimum Gasteiger partial charge on any atom is -0.496 e. The van der Waals surface area contributed by atoms with Gasteiger partial charge in [-0.3, -0.25) is 4.79 Å². The van der Waals surface area contributed by atoms with Crippen LogP contribution in [0.25, 0.3) is 0 Å². The lowest BCUT2D eigenvalue weighted by atomic mass is 9.71. The van der Waals surface area contributed by atoms with Crippen molar-refractivity contribution in [1.29, 1.82) is 0 Å². The fourth-order valence-electron chi connectivity index (χ4n) is 5.78. The van der Waals surface area contributed by atoms with Crippen molar-refractivity contribution in [2.45, 2.75) is 31.6 Å². The Morgan fingerprint density at radius 2 is 1.60 bits per heavy atom. The second kappa shape index (κ2) is 13.4. The molecule has 3 aromatic carbocycles. The molecule has 3 aromatic rings. The van der Waals surface area contributed by atoms with Crippen LogP contribution in [0.5, 0.6) is 23.0 Å². The number of para-hydroxylation sites is 1. The molecule has 0 spiro atoms. The molecule has 1 aliphatic carbocycles. The minimum absolute atomic E-state index is 0.0497. The van der Waals surface area contributed by atoms with Crippen LogP contribution < -0.4 is 24.3 Å². The van der Waals surface area contributed by atoms with E-state index in [1.807, 2.05) is 73.7 Å². The van der Waals surface area contributed by atoms with Crippen molar-refractivity contribution in [2.75, 3.05) is 34.5 Å². The molecule has 1 N–H and O–H groups in total. The topological polar surface area (TPSA) is 92.3 Å². The summed E-state index contributed by atoms with van der Waals surface area (Å²) in [6.07, 6.45) is 0.850. The van der Waals surface area contributed by atoms with Crippen molar-refractivity contribution in [3.05, 3.63) is 105 Å². The number of rotatable bonds is 10. The number of esters is 1. The monoisotopic (exact) mass is 647 g/mol. The molecule has 0 fully saturated rings. The molecule has 1 heterocycles. The molecule has 0 aromatic heterocycles. The van der Waals surface area contributed by atoms with E-state index in [-0.39, 0.29) is 31.3 Å². The van der Waals surface area contributed by atoms with Gasteiger partial charge in [0.15, 0.2) is 17.3 Å². The highest BCUT2D eigenvalue weighted by molar-refractivity contribution is 9.10. The molecular weight excluding hydrogens is 614 g/mol. The van der Waals surface area contributed by atoms with Gasteiger partial charge >= 0.3 is 5.97 Å². The largest absolute Gasteiger partial charge is 0.496 e. The fourth-order valence-corrected chi connectivity index (χ4v) is 6.16. The molecule has 0 radical (unpaired) electrons. The molecule has 5 rings (SSSR count). The Labute approximate surface area is 259 Å². The van der Waals surface area contributed by atoms with Crippen molar-refractivity contribution in [3.63, 3.8) is 0 Å². The summed E-state index contributed by atoms with van der Waals surface area (Å²) in [6, 6.07) is 20.7. The standard InChI is InChI=1S/C34H34BrNO7/c1-20-31(34(38)43-15-14-42-24-8-6-5-7-9-24)32(25-19-23(35)11-13-28(25)39-2)33-26(36-20)16-22(17-27(33)37)21-10-12-29(40-3)30(18-21)41-4/h5-13,18-19,22,32,36H,14-17H2,1-4H3/t22-,32-/m1/s1. The smallest absolute Gasteiger partial charge is 0.336 e. The van der Waals surface area contributed by atoms with Crippen LogP contribution in [-0.4, -0.2) is 46.3 Å². The van der Waals surface area contributed by atoms with Crippen molar-refractivity contribution in [3.8, 4) is 23.0 Å². The Kier molecular flexibility index (Phi) is 9.40. The average molecular weight is 649 g/mol. The second-order valence-electron chi connectivity index (χ2n) is 10.3. The molecular formula is C34H34BrNO7. The normalized spacial score (nSPS) is 18.0. The van der Waals surface area contributed by atoms with Crippen LogP contribution in [0.15, 0.2) is 93.7 Å². The highest BCUT2D eigenvalue weighted by Crippen LogP contribution is 2.48. The average Bonchev–Trinajstić information content (AvgIpc) is 3.02. The molecule has 0 saturated heterocycles. The summed E-state index contributed by atoms with van der Waals surface area (Å²) in [5.74, 6) is 1.17. The zero-order valence-electron chi connectivity index (χ0n) is 24.6. The van der Waals surface area contributed by atoms with Gasteiger partial charge in [0.25, 0.3) is 0 Å². The minimum atomic E-state index is -0.676. The van der Waals surface area contributed by atoms with Crippen LogP contribution in [-0.2, 0) is 14.3 Å². The number of hydrogen-bond donors (Lipinski definition) is 1. The maximum atomic E-state index is 14.0.